The van der Waals surface area contributed by atoms with Crippen LogP contribution in [0.4, 0.5) is 16.0 Å². The smallest absolute Gasteiger partial charge is 0.303 e. The lowest BCUT2D eigenvalue weighted by atomic mass is 9.91. The summed E-state index contributed by atoms with van der Waals surface area (Å²) >= 11 is 0. The first-order valence-corrected chi connectivity index (χ1v) is 15.7. The number of carboxylic acids is 1. The summed E-state index contributed by atoms with van der Waals surface area (Å²) in [6, 6.07) is 4.59. The Kier molecular flexibility index (Phi) is 8.95. The maximum Gasteiger partial charge on any atom is 0.303 e. The molecule has 2 aliphatic rings. The second-order valence-corrected chi connectivity index (χ2v) is 12.5. The summed E-state index contributed by atoms with van der Waals surface area (Å²) in [4.78, 5) is 29.1. The highest BCUT2D eigenvalue weighted by molar-refractivity contribution is 7.92. The monoisotopic (exact) mass is 586 g/mol. The van der Waals surface area contributed by atoms with Crippen molar-refractivity contribution < 1.29 is 27.4 Å². The van der Waals surface area contributed by atoms with E-state index in [9.17, 15) is 13.2 Å². The molecule has 0 radical (unpaired) electrons. The Labute approximate surface area is 238 Å². The van der Waals surface area contributed by atoms with E-state index in [1.165, 1.54) is 18.3 Å². The summed E-state index contributed by atoms with van der Waals surface area (Å²) in [5.41, 5.74) is 2.69. The molecule has 2 aliphatic heterocycles. The number of ether oxygens (including phenoxy) is 1. The second kappa shape index (κ2) is 12.6. The molecule has 2 saturated heterocycles. The van der Waals surface area contributed by atoms with Crippen LogP contribution in [-0.4, -0.2) is 85.0 Å². The molecule has 0 saturated carbocycles. The highest BCUT2D eigenvalue weighted by Crippen LogP contribution is 2.33. The van der Waals surface area contributed by atoms with Crippen LogP contribution in [0.1, 0.15) is 37.7 Å². The third-order valence-corrected chi connectivity index (χ3v) is 8.15. The number of carboxylic acid groups (broad SMARTS) is 1. The number of carbonyl (C=O) groups is 1. The van der Waals surface area contributed by atoms with Crippen molar-refractivity contribution in [1.29, 1.82) is 0 Å². The van der Waals surface area contributed by atoms with E-state index in [0.717, 1.165) is 44.2 Å². The summed E-state index contributed by atoms with van der Waals surface area (Å²) in [6.07, 6.45) is 7.79. The van der Waals surface area contributed by atoms with E-state index in [-0.39, 0.29) is 12.1 Å². The van der Waals surface area contributed by atoms with E-state index < -0.39 is 21.8 Å². The molecule has 0 bridgehead atoms. The van der Waals surface area contributed by atoms with Crippen LogP contribution in [-0.2, 0) is 26.1 Å². The van der Waals surface area contributed by atoms with E-state index in [4.69, 9.17) is 19.8 Å². The topological polar surface area (TPSA) is 138 Å². The number of rotatable bonds is 10. The Balaban J connectivity index is 1.48. The number of hydrogen-bond acceptors (Lipinski definition) is 9. The zero-order valence-corrected chi connectivity index (χ0v) is 23.9. The van der Waals surface area contributed by atoms with E-state index in [1.54, 1.807) is 12.3 Å². The summed E-state index contributed by atoms with van der Waals surface area (Å²) in [6.45, 7) is 4.52. The molecular weight excluding hydrogens is 551 g/mol. The molecule has 11 nitrogen and oxygen atoms in total. The summed E-state index contributed by atoms with van der Waals surface area (Å²) < 4.78 is 46.7. The number of morpholine rings is 1. The van der Waals surface area contributed by atoms with Gasteiger partial charge in [-0.2, -0.15) is 0 Å². The van der Waals surface area contributed by atoms with Crippen molar-refractivity contribution >= 4 is 38.5 Å². The number of aromatic nitrogens is 3. The molecular formula is C28H35FN6O5S. The molecule has 5 rings (SSSR count). The van der Waals surface area contributed by atoms with Crippen LogP contribution < -0.4 is 9.62 Å². The number of aliphatic carboxylic acids is 1. The number of benzene rings is 1. The fourth-order valence-corrected chi connectivity index (χ4v) is 6.09. The molecule has 2 N–H and O–H groups in total. The Bertz CT molecular complexity index is 1510. The number of likely N-dealkylation sites (tertiary alicyclic amines) is 1. The van der Waals surface area contributed by atoms with Gasteiger partial charge >= 0.3 is 5.97 Å². The lowest BCUT2D eigenvalue weighted by molar-refractivity contribution is -0.137. The Morgan fingerprint density at radius 2 is 1.88 bits per heavy atom. The molecule has 0 amide bonds. The minimum Gasteiger partial charge on any atom is -0.481 e. The van der Waals surface area contributed by atoms with Gasteiger partial charge < -0.3 is 14.7 Å². The fraction of sp³-hybridized carbons (Fsp3) is 0.500. The second-order valence-electron chi connectivity index (χ2n) is 10.8. The number of piperidine rings is 1. The number of sulfonamides is 1. The fourth-order valence-electron chi connectivity index (χ4n) is 5.55. The van der Waals surface area contributed by atoms with Gasteiger partial charge in [0.1, 0.15) is 5.82 Å². The first-order valence-electron chi connectivity index (χ1n) is 13.8. The number of pyridine rings is 1. The van der Waals surface area contributed by atoms with Gasteiger partial charge in [-0.25, -0.2) is 22.8 Å². The van der Waals surface area contributed by atoms with Crippen molar-refractivity contribution in [2.24, 2.45) is 5.92 Å². The first kappa shape index (κ1) is 29.1. The van der Waals surface area contributed by atoms with Crippen molar-refractivity contribution in [2.75, 3.05) is 55.3 Å². The molecule has 1 aromatic carbocycles. The maximum atomic E-state index is 15.1. The van der Waals surface area contributed by atoms with Crippen LogP contribution in [0.15, 0.2) is 30.6 Å². The standard InChI is InChI=1S/C28H35FN6O5S/c1-41(38,39)33-23-14-20(16-30-17-23)26-24-15-22(29)13-21(27(24)32-28(31-26)35-9-11-40-12-10-35)18-34-7-5-19(6-8-34)3-2-4-25(36)37/h13-17,19,33H,2-12,18H2,1H3,(H,36,37). The Hall–Kier alpha value is -3.42. The lowest BCUT2D eigenvalue weighted by Gasteiger charge is -2.32. The van der Waals surface area contributed by atoms with Crippen molar-refractivity contribution in [2.45, 2.75) is 38.6 Å². The van der Waals surface area contributed by atoms with Gasteiger partial charge in [-0.05, 0) is 68.5 Å². The molecule has 2 aromatic heterocycles. The summed E-state index contributed by atoms with van der Waals surface area (Å²) in [7, 11) is -3.52. The van der Waals surface area contributed by atoms with Crippen molar-refractivity contribution in [3.63, 3.8) is 0 Å². The predicted molar refractivity (Wildman–Crippen MR) is 154 cm³/mol. The molecule has 4 heterocycles. The third kappa shape index (κ3) is 7.66. The molecule has 0 spiro atoms. The van der Waals surface area contributed by atoms with Crippen LogP contribution in [0.3, 0.4) is 0 Å². The minimum atomic E-state index is -3.52. The first-order chi connectivity index (χ1) is 19.6. The van der Waals surface area contributed by atoms with Crippen LogP contribution in [0.5, 0.6) is 0 Å². The van der Waals surface area contributed by atoms with Gasteiger partial charge in [0.2, 0.25) is 16.0 Å². The van der Waals surface area contributed by atoms with Crippen molar-refractivity contribution in [3.05, 3.63) is 42.0 Å². The SMILES string of the molecule is CS(=O)(=O)Nc1cncc(-c2nc(N3CCOCC3)nc3c(CN4CCC(CCCC(=O)O)CC4)cc(F)cc23)c1. The van der Waals surface area contributed by atoms with E-state index in [1.807, 2.05) is 4.90 Å². The predicted octanol–water partition coefficient (Wildman–Crippen LogP) is 3.51. The van der Waals surface area contributed by atoms with Gasteiger partial charge in [0.25, 0.3) is 0 Å². The van der Waals surface area contributed by atoms with E-state index in [0.29, 0.717) is 73.3 Å². The van der Waals surface area contributed by atoms with E-state index >= 15 is 4.39 Å². The van der Waals surface area contributed by atoms with Crippen molar-refractivity contribution in [1.82, 2.24) is 19.9 Å². The Morgan fingerprint density at radius 1 is 1.12 bits per heavy atom. The largest absolute Gasteiger partial charge is 0.481 e. The number of halogens is 1. The number of anilines is 2. The normalized spacial score (nSPS) is 17.2. The number of nitrogens with zero attached hydrogens (tertiary/aromatic N) is 5. The molecule has 41 heavy (non-hydrogen) atoms. The molecule has 2 fully saturated rings. The van der Waals surface area contributed by atoms with Gasteiger partial charge in [0.15, 0.2) is 0 Å². The maximum absolute atomic E-state index is 15.1. The zero-order chi connectivity index (χ0) is 29.0. The van der Waals surface area contributed by atoms with Gasteiger partial charge in [-0.1, -0.05) is 0 Å². The summed E-state index contributed by atoms with van der Waals surface area (Å²) in [5, 5.41) is 9.45. The van der Waals surface area contributed by atoms with Crippen LogP contribution in [0.25, 0.3) is 22.2 Å². The number of fused-ring (bicyclic) bond motifs is 1. The molecule has 0 unspecified atom stereocenters. The average Bonchev–Trinajstić information content (AvgIpc) is 2.93. The molecule has 13 heteroatoms. The molecule has 220 valence electrons. The quantitative estimate of drug-likeness (QED) is 0.363. The molecule has 0 atom stereocenters. The number of hydrogen-bond donors (Lipinski definition) is 2. The Morgan fingerprint density at radius 3 is 2.59 bits per heavy atom. The zero-order valence-electron chi connectivity index (χ0n) is 23.1. The molecule has 0 aliphatic carbocycles. The van der Waals surface area contributed by atoms with Crippen molar-refractivity contribution in [3.8, 4) is 11.3 Å². The van der Waals surface area contributed by atoms with Gasteiger partial charge in [0.05, 0.1) is 42.6 Å². The van der Waals surface area contributed by atoms with Crippen LogP contribution in [0, 0.1) is 11.7 Å². The minimum absolute atomic E-state index is 0.200. The van der Waals surface area contributed by atoms with Gasteiger partial charge in [-0.3, -0.25) is 19.4 Å². The van der Waals surface area contributed by atoms with Gasteiger partial charge in [-0.15, -0.1) is 0 Å². The highest BCUT2D eigenvalue weighted by Gasteiger charge is 2.23. The average molecular weight is 587 g/mol. The lowest BCUT2D eigenvalue weighted by Crippen LogP contribution is -2.37. The molecule has 3 aromatic rings. The third-order valence-electron chi connectivity index (χ3n) is 7.55. The summed E-state index contributed by atoms with van der Waals surface area (Å²) in [5.74, 6) is -0.162. The highest BCUT2D eigenvalue weighted by atomic mass is 32.2. The number of nitrogens with one attached hydrogen (secondary N) is 1. The van der Waals surface area contributed by atoms with Crippen LogP contribution in [0.2, 0.25) is 0 Å². The van der Waals surface area contributed by atoms with E-state index in [2.05, 4.69) is 14.6 Å². The van der Waals surface area contributed by atoms with Gasteiger partial charge in [0, 0.05) is 43.2 Å². The van der Waals surface area contributed by atoms with Crippen LogP contribution >= 0.6 is 0 Å².